The van der Waals surface area contributed by atoms with Crippen LogP contribution in [0.15, 0.2) is 36.5 Å². The van der Waals surface area contributed by atoms with Crippen LogP contribution < -0.4 is 5.73 Å². The number of nitrogens with zero attached hydrogens (tertiary/aromatic N) is 1. The molecule has 0 bridgehead atoms. The maximum absolute atomic E-state index is 13.5. The highest BCUT2D eigenvalue weighted by Gasteiger charge is 2.08. The lowest BCUT2D eigenvalue weighted by Crippen LogP contribution is -1.96. The third kappa shape index (κ3) is 2.09. The summed E-state index contributed by atoms with van der Waals surface area (Å²) in [4.78, 5) is 4.00. The second-order valence-corrected chi connectivity index (χ2v) is 4.31. The van der Waals surface area contributed by atoms with Crippen molar-refractivity contribution >= 4 is 28.4 Å². The average molecular weight is 314 g/mol. The van der Waals surface area contributed by atoms with Crippen LogP contribution in [0.2, 0.25) is 0 Å². The molecule has 1 aromatic carbocycles. The Hall–Kier alpha value is -1.17. The van der Waals surface area contributed by atoms with Crippen LogP contribution >= 0.6 is 22.6 Å². The Bertz CT molecular complexity index is 500. The van der Waals surface area contributed by atoms with Gasteiger partial charge in [0.25, 0.3) is 0 Å². The van der Waals surface area contributed by atoms with Crippen LogP contribution in [0.25, 0.3) is 11.1 Å². The Labute approximate surface area is 100 Å². The van der Waals surface area contributed by atoms with Gasteiger partial charge in [-0.15, -0.1) is 0 Å². The molecular formula is C11H8FIN2. The van der Waals surface area contributed by atoms with E-state index in [1.165, 1.54) is 6.07 Å². The van der Waals surface area contributed by atoms with Crippen LogP contribution in [0.4, 0.5) is 10.2 Å². The predicted octanol–water partition coefficient (Wildman–Crippen LogP) is 3.07. The van der Waals surface area contributed by atoms with E-state index >= 15 is 0 Å². The molecule has 2 aromatic rings. The summed E-state index contributed by atoms with van der Waals surface area (Å²) >= 11 is 2.12. The van der Waals surface area contributed by atoms with E-state index in [1.807, 2.05) is 6.07 Å². The number of nitrogens with two attached hydrogens (primary N) is 1. The molecule has 0 aliphatic heterocycles. The van der Waals surface area contributed by atoms with Gasteiger partial charge in [0.2, 0.25) is 0 Å². The van der Waals surface area contributed by atoms with E-state index in [9.17, 15) is 4.39 Å². The quantitative estimate of drug-likeness (QED) is 0.822. The van der Waals surface area contributed by atoms with Gasteiger partial charge in [0.15, 0.2) is 0 Å². The Balaban J connectivity index is 2.64. The second-order valence-electron chi connectivity index (χ2n) is 3.07. The molecule has 2 rings (SSSR count). The number of benzene rings is 1. The third-order valence-corrected chi connectivity index (χ3v) is 2.64. The van der Waals surface area contributed by atoms with Crippen molar-refractivity contribution in [2.75, 3.05) is 5.73 Å². The molecule has 76 valence electrons. The Morgan fingerprint density at radius 1 is 1.20 bits per heavy atom. The van der Waals surface area contributed by atoms with Crippen LogP contribution in [0.5, 0.6) is 0 Å². The molecule has 0 radical (unpaired) electrons. The molecular weight excluding hydrogens is 306 g/mol. The van der Waals surface area contributed by atoms with Gasteiger partial charge in [0.1, 0.15) is 11.6 Å². The number of nitrogen functional groups attached to an aromatic ring is 1. The monoisotopic (exact) mass is 314 g/mol. The first-order chi connectivity index (χ1) is 7.18. The predicted molar refractivity (Wildman–Crippen MR) is 66.8 cm³/mol. The van der Waals surface area contributed by atoms with Gasteiger partial charge in [0, 0.05) is 20.9 Å². The SMILES string of the molecule is Nc1ncc(I)cc1-c1ccccc1F. The molecule has 2 nitrogen and oxygen atoms in total. The highest BCUT2D eigenvalue weighted by molar-refractivity contribution is 14.1. The van der Waals surface area contributed by atoms with Crippen LogP contribution in [0, 0.1) is 9.39 Å². The molecule has 0 fully saturated rings. The van der Waals surface area contributed by atoms with Crippen LogP contribution in [0.3, 0.4) is 0 Å². The molecule has 0 spiro atoms. The Morgan fingerprint density at radius 3 is 2.67 bits per heavy atom. The molecule has 0 unspecified atom stereocenters. The highest BCUT2D eigenvalue weighted by atomic mass is 127. The first-order valence-corrected chi connectivity index (χ1v) is 5.42. The molecule has 1 aromatic heterocycles. The fraction of sp³-hybridized carbons (Fsp3) is 0. The van der Waals surface area contributed by atoms with Crippen LogP contribution in [-0.4, -0.2) is 4.98 Å². The topological polar surface area (TPSA) is 38.9 Å². The smallest absolute Gasteiger partial charge is 0.131 e. The molecule has 15 heavy (non-hydrogen) atoms. The van der Waals surface area contributed by atoms with Gasteiger partial charge >= 0.3 is 0 Å². The van der Waals surface area contributed by atoms with E-state index < -0.39 is 0 Å². The summed E-state index contributed by atoms with van der Waals surface area (Å²) in [6.07, 6.45) is 1.65. The van der Waals surface area contributed by atoms with Crippen molar-refractivity contribution in [3.05, 3.63) is 45.9 Å². The van der Waals surface area contributed by atoms with E-state index in [0.29, 0.717) is 16.9 Å². The zero-order valence-corrected chi connectivity index (χ0v) is 9.90. The third-order valence-electron chi connectivity index (χ3n) is 2.05. The van der Waals surface area contributed by atoms with Crippen molar-refractivity contribution in [3.8, 4) is 11.1 Å². The van der Waals surface area contributed by atoms with E-state index in [1.54, 1.807) is 24.4 Å². The van der Waals surface area contributed by atoms with E-state index in [2.05, 4.69) is 27.6 Å². The van der Waals surface area contributed by atoms with Crippen molar-refractivity contribution in [1.82, 2.24) is 4.98 Å². The van der Waals surface area contributed by atoms with E-state index in [4.69, 9.17) is 5.73 Å². The fourth-order valence-electron chi connectivity index (χ4n) is 1.35. The number of anilines is 1. The van der Waals surface area contributed by atoms with Crippen molar-refractivity contribution in [2.24, 2.45) is 0 Å². The number of halogens is 2. The average Bonchev–Trinajstić information content (AvgIpc) is 2.23. The molecule has 0 amide bonds. The summed E-state index contributed by atoms with van der Waals surface area (Å²) in [5.74, 6) is 0.0634. The first kappa shape index (κ1) is 10.4. The summed E-state index contributed by atoms with van der Waals surface area (Å²) in [5.41, 5.74) is 6.84. The van der Waals surface area contributed by atoms with Crippen LogP contribution in [-0.2, 0) is 0 Å². The van der Waals surface area contributed by atoms with Gasteiger partial charge in [-0.25, -0.2) is 9.37 Å². The zero-order chi connectivity index (χ0) is 10.8. The number of hydrogen-bond donors (Lipinski definition) is 1. The van der Waals surface area contributed by atoms with E-state index in [-0.39, 0.29) is 5.82 Å². The second kappa shape index (κ2) is 4.14. The molecule has 4 heteroatoms. The molecule has 1 heterocycles. The van der Waals surface area contributed by atoms with Crippen molar-refractivity contribution in [2.45, 2.75) is 0 Å². The lowest BCUT2D eigenvalue weighted by molar-refractivity contribution is 0.631. The Kier molecular flexibility index (Phi) is 2.86. The van der Waals surface area contributed by atoms with Gasteiger partial charge in [-0.05, 0) is 34.7 Å². The standard InChI is InChI=1S/C11H8FIN2/c12-10-4-2-1-3-8(10)9-5-7(13)6-15-11(9)14/h1-6H,(H2,14,15). The van der Waals surface area contributed by atoms with Gasteiger partial charge in [-0.3, -0.25) is 0 Å². The van der Waals surface area contributed by atoms with Crippen molar-refractivity contribution < 1.29 is 4.39 Å². The number of pyridine rings is 1. The van der Waals surface area contributed by atoms with Crippen molar-refractivity contribution in [3.63, 3.8) is 0 Å². The van der Waals surface area contributed by atoms with Gasteiger partial charge in [0.05, 0.1) is 0 Å². The fourth-order valence-corrected chi connectivity index (χ4v) is 1.80. The van der Waals surface area contributed by atoms with Gasteiger partial charge in [-0.1, -0.05) is 18.2 Å². The summed E-state index contributed by atoms with van der Waals surface area (Å²) in [6.45, 7) is 0. The van der Waals surface area contributed by atoms with Gasteiger partial charge in [-0.2, -0.15) is 0 Å². The summed E-state index contributed by atoms with van der Waals surface area (Å²) in [6, 6.07) is 8.35. The number of hydrogen-bond acceptors (Lipinski definition) is 2. The minimum atomic E-state index is -0.284. The van der Waals surface area contributed by atoms with Crippen molar-refractivity contribution in [1.29, 1.82) is 0 Å². The molecule has 0 aliphatic carbocycles. The molecule has 0 saturated heterocycles. The van der Waals surface area contributed by atoms with E-state index in [0.717, 1.165) is 3.57 Å². The maximum Gasteiger partial charge on any atom is 0.131 e. The first-order valence-electron chi connectivity index (χ1n) is 4.34. The molecule has 0 atom stereocenters. The van der Waals surface area contributed by atoms with Gasteiger partial charge < -0.3 is 5.73 Å². The Morgan fingerprint density at radius 2 is 1.93 bits per heavy atom. The minimum Gasteiger partial charge on any atom is -0.383 e. The normalized spacial score (nSPS) is 10.3. The summed E-state index contributed by atoms with van der Waals surface area (Å²) in [5, 5.41) is 0. The number of aromatic nitrogens is 1. The lowest BCUT2D eigenvalue weighted by Gasteiger charge is -2.06. The molecule has 2 N–H and O–H groups in total. The maximum atomic E-state index is 13.5. The lowest BCUT2D eigenvalue weighted by atomic mass is 10.1. The molecule has 0 aliphatic rings. The highest BCUT2D eigenvalue weighted by Crippen LogP contribution is 2.27. The largest absolute Gasteiger partial charge is 0.383 e. The number of rotatable bonds is 1. The zero-order valence-electron chi connectivity index (χ0n) is 7.74. The summed E-state index contributed by atoms with van der Waals surface area (Å²) < 4.78 is 14.4. The minimum absolute atomic E-state index is 0.284. The van der Waals surface area contributed by atoms with Crippen LogP contribution in [0.1, 0.15) is 0 Å². The summed E-state index contributed by atoms with van der Waals surface area (Å²) in [7, 11) is 0. The molecule has 0 saturated carbocycles.